The molecular weight excluding hydrogens is 608 g/mol. The summed E-state index contributed by atoms with van der Waals surface area (Å²) >= 11 is 0. The molecule has 0 heterocycles. The fourth-order valence-corrected chi connectivity index (χ4v) is 3.01. The van der Waals surface area contributed by atoms with Gasteiger partial charge in [0.2, 0.25) is 0 Å². The molecule has 252 valence electrons. The molecule has 0 atom stereocenters. The predicted molar refractivity (Wildman–Crippen MR) is 152 cm³/mol. The Hall–Kier alpha value is 0.841. The Labute approximate surface area is 282 Å². The zero-order valence-corrected chi connectivity index (χ0v) is 28.2. The van der Waals surface area contributed by atoms with Crippen LogP contribution in [-0.2, 0) is 21.7 Å². The van der Waals surface area contributed by atoms with Gasteiger partial charge in [-0.15, -0.1) is 13.2 Å². The van der Waals surface area contributed by atoms with E-state index in [0.29, 0.717) is 78.5 Å². The van der Waals surface area contributed by atoms with Gasteiger partial charge in [0, 0.05) is 87.2 Å². The fourth-order valence-electron chi connectivity index (χ4n) is 3.01. The van der Waals surface area contributed by atoms with Gasteiger partial charge in [0.1, 0.15) is 0 Å². The zero-order valence-electron chi connectivity index (χ0n) is 25.3. The van der Waals surface area contributed by atoms with E-state index < -0.39 is 0 Å². The SMILES string of the molecule is OCCN(CCO)CCO.OCCN(CCO)CCO.OCCN(CCO)CCO.[Mg+2].[O-]CCN(CC[O-])CCO.[Ti]. The maximum atomic E-state index is 10.1. The van der Waals surface area contributed by atoms with Crippen LogP contribution < -0.4 is 10.2 Å². The van der Waals surface area contributed by atoms with Crippen molar-refractivity contribution in [3.63, 3.8) is 0 Å². The molecule has 0 aliphatic heterocycles. The molecule has 0 radical (unpaired) electrons. The third-order valence-corrected chi connectivity index (χ3v) is 4.98. The van der Waals surface area contributed by atoms with E-state index in [1.165, 1.54) is 0 Å². The number of nitrogens with zero attached hydrogens (tertiary/aromatic N) is 4. The molecule has 0 amide bonds. The van der Waals surface area contributed by atoms with Crippen molar-refractivity contribution in [1.29, 1.82) is 0 Å². The molecule has 42 heavy (non-hydrogen) atoms. The normalized spacial score (nSPS) is 10.3. The first-order chi connectivity index (χ1) is 19.4. The van der Waals surface area contributed by atoms with Crippen molar-refractivity contribution in [3.8, 4) is 0 Å². The summed E-state index contributed by atoms with van der Waals surface area (Å²) in [5.74, 6) is 0. The van der Waals surface area contributed by atoms with Gasteiger partial charge in [0.05, 0.1) is 66.1 Å². The Balaban J connectivity index is -0.000000101. The molecule has 0 spiro atoms. The number of rotatable bonds is 24. The minimum absolute atomic E-state index is 0. The van der Waals surface area contributed by atoms with Gasteiger partial charge in [-0.25, -0.2) is 0 Å². The summed E-state index contributed by atoms with van der Waals surface area (Å²) in [5, 5.41) is 105. The largest absolute Gasteiger partial charge is 2.00 e. The molecule has 0 saturated heterocycles. The van der Waals surface area contributed by atoms with Crippen molar-refractivity contribution in [1.82, 2.24) is 19.6 Å². The van der Waals surface area contributed by atoms with Crippen molar-refractivity contribution in [2.24, 2.45) is 0 Å². The van der Waals surface area contributed by atoms with Crippen LogP contribution in [0, 0.1) is 0 Å². The summed E-state index contributed by atoms with van der Waals surface area (Å²) < 4.78 is 0. The first-order valence-electron chi connectivity index (χ1n) is 13.5. The summed E-state index contributed by atoms with van der Waals surface area (Å²) in [7, 11) is 0. The second-order valence-electron chi connectivity index (χ2n) is 8.01. The van der Waals surface area contributed by atoms with Crippen LogP contribution in [0.25, 0.3) is 0 Å². The zero-order chi connectivity index (χ0) is 31.3. The van der Waals surface area contributed by atoms with E-state index >= 15 is 0 Å². The average molecular weight is 667 g/mol. The molecule has 0 bridgehead atoms. The Morgan fingerprint density at radius 2 is 0.405 bits per heavy atom. The molecule has 0 aliphatic carbocycles. The maximum Gasteiger partial charge on any atom is 2.00 e. The molecule has 0 rings (SSSR count). The molecular formula is C24H58MgN4O12Ti. The van der Waals surface area contributed by atoms with Crippen LogP contribution in [0.15, 0.2) is 0 Å². The van der Waals surface area contributed by atoms with E-state index in [2.05, 4.69) is 0 Å². The Kier molecular flexibility index (Phi) is 67.7. The van der Waals surface area contributed by atoms with Gasteiger partial charge < -0.3 is 66.2 Å². The van der Waals surface area contributed by atoms with Gasteiger partial charge in [-0.05, 0) is 13.1 Å². The Bertz CT molecular complexity index is 309. The maximum absolute atomic E-state index is 10.1. The minimum atomic E-state index is -0.208. The van der Waals surface area contributed by atoms with Crippen molar-refractivity contribution in [2.45, 2.75) is 0 Å². The Morgan fingerprint density at radius 3 is 0.500 bits per heavy atom. The van der Waals surface area contributed by atoms with Gasteiger partial charge in [0.15, 0.2) is 0 Å². The third kappa shape index (κ3) is 47.8. The van der Waals surface area contributed by atoms with Crippen molar-refractivity contribution < 1.29 is 83.0 Å². The van der Waals surface area contributed by atoms with E-state index in [4.69, 9.17) is 51.1 Å². The quantitative estimate of drug-likeness (QED) is 0.0429. The predicted octanol–water partition coefficient (Wildman–Crippen LogP) is -8.59. The third-order valence-electron chi connectivity index (χ3n) is 4.98. The molecule has 0 fully saturated rings. The molecule has 0 aliphatic rings. The van der Waals surface area contributed by atoms with E-state index in [-0.39, 0.29) is 124 Å². The van der Waals surface area contributed by atoms with Crippen LogP contribution in [-0.4, -0.2) is 252 Å². The average Bonchev–Trinajstić information content (AvgIpc) is 2.92. The van der Waals surface area contributed by atoms with Crippen molar-refractivity contribution >= 4 is 23.1 Å². The van der Waals surface area contributed by atoms with Crippen LogP contribution in [0.1, 0.15) is 0 Å². The summed E-state index contributed by atoms with van der Waals surface area (Å²) in [4.78, 5) is 7.04. The van der Waals surface area contributed by atoms with Crippen molar-refractivity contribution in [2.75, 3.05) is 158 Å². The molecule has 0 unspecified atom stereocenters. The number of aliphatic hydroxyl groups excluding tert-OH is 10. The van der Waals surface area contributed by atoms with Crippen LogP contribution >= 0.6 is 0 Å². The van der Waals surface area contributed by atoms with Gasteiger partial charge in [-0.1, -0.05) is 0 Å². The molecule has 0 aromatic carbocycles. The van der Waals surface area contributed by atoms with Gasteiger partial charge in [-0.3, -0.25) is 14.7 Å². The molecule has 0 aromatic heterocycles. The van der Waals surface area contributed by atoms with Crippen LogP contribution in [0.2, 0.25) is 0 Å². The number of hydrogen-bond acceptors (Lipinski definition) is 16. The summed E-state index contributed by atoms with van der Waals surface area (Å²) in [6.45, 7) is 6.02. The first kappa shape index (κ1) is 55.3. The van der Waals surface area contributed by atoms with Crippen LogP contribution in [0.5, 0.6) is 0 Å². The first-order valence-corrected chi connectivity index (χ1v) is 13.5. The van der Waals surface area contributed by atoms with Crippen molar-refractivity contribution in [3.05, 3.63) is 0 Å². The number of aliphatic hydroxyl groups is 10. The molecule has 10 N–H and O–H groups in total. The minimum Gasteiger partial charge on any atom is -0.854 e. The standard InChI is InChI=1S/3C6H15NO3.C6H13NO3.Mg.Ti/c4*8-4-1-7(2-5-9)3-6-10;;/h3*8-10H,1-6H2;8H,1-6H2;;/q;;;-2;+2;. The van der Waals surface area contributed by atoms with Gasteiger partial charge in [0.25, 0.3) is 0 Å². The molecule has 0 aromatic rings. The van der Waals surface area contributed by atoms with E-state index in [1.54, 1.807) is 19.6 Å². The summed E-state index contributed by atoms with van der Waals surface area (Å²) in [6, 6.07) is 0. The van der Waals surface area contributed by atoms with E-state index in [0.717, 1.165) is 0 Å². The van der Waals surface area contributed by atoms with Crippen LogP contribution in [0.4, 0.5) is 0 Å². The monoisotopic (exact) mass is 666 g/mol. The topological polar surface area (TPSA) is 261 Å². The summed E-state index contributed by atoms with van der Waals surface area (Å²) in [5.41, 5.74) is 0. The Morgan fingerprint density at radius 1 is 0.286 bits per heavy atom. The van der Waals surface area contributed by atoms with Gasteiger partial charge >= 0.3 is 23.1 Å². The second kappa shape index (κ2) is 51.4. The summed E-state index contributed by atoms with van der Waals surface area (Å²) in [6.07, 6.45) is 0. The van der Waals surface area contributed by atoms with E-state index in [9.17, 15) is 10.2 Å². The molecule has 16 nitrogen and oxygen atoms in total. The number of hydrogen-bond donors (Lipinski definition) is 10. The van der Waals surface area contributed by atoms with Gasteiger partial charge in [-0.2, -0.15) is 0 Å². The smallest absolute Gasteiger partial charge is 0.854 e. The molecule has 0 saturated carbocycles. The second-order valence-corrected chi connectivity index (χ2v) is 8.01. The fraction of sp³-hybridized carbons (Fsp3) is 1.00. The molecule has 18 heteroatoms. The van der Waals surface area contributed by atoms with Crippen LogP contribution in [0.3, 0.4) is 0 Å². The van der Waals surface area contributed by atoms with E-state index in [1.807, 2.05) is 0 Å².